The summed E-state index contributed by atoms with van der Waals surface area (Å²) in [5.74, 6) is -0.0540. The van der Waals surface area contributed by atoms with E-state index in [4.69, 9.17) is 11.6 Å². The Bertz CT molecular complexity index is 103. The maximum absolute atomic E-state index is 10.4. The van der Waals surface area contributed by atoms with Crippen LogP contribution >= 0.6 is 11.6 Å². The summed E-state index contributed by atoms with van der Waals surface area (Å²) in [5, 5.41) is -0.260. The van der Waals surface area contributed by atoms with Gasteiger partial charge in [-0.1, -0.05) is 6.92 Å². The first-order valence-corrected chi connectivity index (χ1v) is 3.26. The molecule has 0 aliphatic carbocycles. The van der Waals surface area contributed by atoms with Gasteiger partial charge in [-0.3, -0.25) is 4.79 Å². The molecule has 0 rings (SSSR count). The number of nitrogens with zero attached hydrogens (tertiary/aromatic N) is 1. The van der Waals surface area contributed by atoms with Gasteiger partial charge in [0.05, 0.1) is 0 Å². The number of carbonyl (C=O) groups is 1. The third-order valence-corrected chi connectivity index (χ3v) is 1.40. The van der Waals surface area contributed by atoms with Crippen molar-refractivity contribution in [2.24, 2.45) is 5.92 Å². The van der Waals surface area contributed by atoms with Gasteiger partial charge in [0, 0.05) is 12.5 Å². The fraction of sp³-hybridized carbons (Fsp3) is 0.833. The molecule has 0 saturated carbocycles. The van der Waals surface area contributed by atoms with Gasteiger partial charge in [0.2, 0.25) is 5.24 Å². The zero-order chi connectivity index (χ0) is 7.44. The average molecular weight is 150 g/mol. The molecule has 2 nitrogen and oxygen atoms in total. The third-order valence-electron chi connectivity index (χ3n) is 1.03. The van der Waals surface area contributed by atoms with Crippen molar-refractivity contribution in [1.29, 1.82) is 0 Å². The SMILES string of the molecule is CC(CN(C)C)C(=O)Cl. The largest absolute Gasteiger partial charge is 0.309 e. The van der Waals surface area contributed by atoms with Crippen molar-refractivity contribution >= 4 is 16.8 Å². The molecule has 0 aromatic carbocycles. The number of hydrogen-bond acceptors (Lipinski definition) is 2. The second kappa shape index (κ2) is 3.85. The molecule has 0 saturated heterocycles. The second-order valence-corrected chi connectivity index (χ2v) is 2.84. The van der Waals surface area contributed by atoms with Crippen LogP contribution < -0.4 is 0 Å². The predicted octanol–water partition coefficient (Wildman–Crippen LogP) is 0.949. The minimum Gasteiger partial charge on any atom is -0.309 e. The van der Waals surface area contributed by atoms with Crippen molar-refractivity contribution in [2.75, 3.05) is 20.6 Å². The highest BCUT2D eigenvalue weighted by Crippen LogP contribution is 2.00. The molecule has 0 aliphatic rings. The highest BCUT2D eigenvalue weighted by atomic mass is 35.5. The van der Waals surface area contributed by atoms with Crippen molar-refractivity contribution < 1.29 is 4.79 Å². The van der Waals surface area contributed by atoms with Crippen LogP contribution in [0.1, 0.15) is 6.92 Å². The van der Waals surface area contributed by atoms with Gasteiger partial charge in [0.15, 0.2) is 0 Å². The maximum atomic E-state index is 10.4. The van der Waals surface area contributed by atoms with Crippen LogP contribution in [0.15, 0.2) is 0 Å². The number of rotatable bonds is 3. The van der Waals surface area contributed by atoms with Gasteiger partial charge in [-0.15, -0.1) is 0 Å². The molecular weight excluding hydrogens is 138 g/mol. The average Bonchev–Trinajstić information content (AvgIpc) is 1.63. The summed E-state index contributed by atoms with van der Waals surface area (Å²) < 4.78 is 0. The van der Waals surface area contributed by atoms with Crippen LogP contribution in [-0.4, -0.2) is 30.8 Å². The molecule has 0 spiro atoms. The summed E-state index contributed by atoms with van der Waals surface area (Å²) in [4.78, 5) is 12.4. The summed E-state index contributed by atoms with van der Waals surface area (Å²) in [7, 11) is 3.83. The first-order valence-electron chi connectivity index (χ1n) is 2.88. The van der Waals surface area contributed by atoms with Crippen molar-refractivity contribution in [3.05, 3.63) is 0 Å². The Morgan fingerprint density at radius 2 is 2.11 bits per heavy atom. The highest BCUT2D eigenvalue weighted by molar-refractivity contribution is 6.63. The molecule has 9 heavy (non-hydrogen) atoms. The van der Waals surface area contributed by atoms with E-state index in [9.17, 15) is 4.79 Å². The molecule has 0 aromatic heterocycles. The molecule has 0 aromatic rings. The van der Waals surface area contributed by atoms with Crippen LogP contribution in [0.4, 0.5) is 0 Å². The Labute approximate surface area is 60.8 Å². The summed E-state index contributed by atoms with van der Waals surface area (Å²) in [6.07, 6.45) is 0. The standard InChI is InChI=1S/C6H12ClNO/c1-5(6(7)9)4-8(2)3/h5H,4H2,1-3H3. The number of carbonyl (C=O) groups excluding carboxylic acids is 1. The van der Waals surface area contributed by atoms with E-state index in [1.165, 1.54) is 0 Å². The molecule has 0 N–H and O–H groups in total. The van der Waals surface area contributed by atoms with Gasteiger partial charge in [-0.25, -0.2) is 0 Å². The van der Waals surface area contributed by atoms with Crippen molar-refractivity contribution in [2.45, 2.75) is 6.92 Å². The van der Waals surface area contributed by atoms with E-state index in [1.54, 1.807) is 0 Å². The van der Waals surface area contributed by atoms with Crippen LogP contribution in [0.2, 0.25) is 0 Å². The Morgan fingerprint density at radius 1 is 1.67 bits per heavy atom. The molecule has 1 atom stereocenters. The summed E-state index contributed by atoms with van der Waals surface area (Å²) in [6.45, 7) is 2.54. The quantitative estimate of drug-likeness (QED) is 0.557. The topological polar surface area (TPSA) is 20.3 Å². The van der Waals surface area contributed by atoms with Crippen molar-refractivity contribution in [3.63, 3.8) is 0 Å². The van der Waals surface area contributed by atoms with E-state index in [0.717, 1.165) is 6.54 Å². The summed E-state index contributed by atoms with van der Waals surface area (Å²) in [5.41, 5.74) is 0. The lowest BCUT2D eigenvalue weighted by molar-refractivity contribution is -0.115. The lowest BCUT2D eigenvalue weighted by atomic mass is 10.2. The molecular formula is C6H12ClNO. The molecule has 54 valence electrons. The lowest BCUT2D eigenvalue weighted by Crippen LogP contribution is -2.22. The fourth-order valence-corrected chi connectivity index (χ4v) is 0.689. The normalized spacial score (nSPS) is 13.9. The molecule has 0 bridgehead atoms. The Morgan fingerprint density at radius 3 is 2.22 bits per heavy atom. The Balaban J connectivity index is 3.50. The monoisotopic (exact) mass is 149 g/mol. The van der Waals surface area contributed by atoms with Crippen molar-refractivity contribution in [3.8, 4) is 0 Å². The van der Waals surface area contributed by atoms with E-state index in [1.807, 2.05) is 25.9 Å². The second-order valence-electron chi connectivity index (χ2n) is 2.47. The van der Waals surface area contributed by atoms with Crippen LogP contribution in [-0.2, 0) is 4.79 Å². The minimum absolute atomic E-state index is 0.0540. The number of hydrogen-bond donors (Lipinski definition) is 0. The van der Waals surface area contributed by atoms with E-state index < -0.39 is 0 Å². The summed E-state index contributed by atoms with van der Waals surface area (Å²) in [6, 6.07) is 0. The highest BCUT2D eigenvalue weighted by Gasteiger charge is 2.09. The van der Waals surface area contributed by atoms with Crippen LogP contribution in [0.3, 0.4) is 0 Å². The van der Waals surface area contributed by atoms with Gasteiger partial charge in [-0.05, 0) is 25.7 Å². The lowest BCUT2D eigenvalue weighted by Gasteiger charge is -2.12. The molecule has 0 fully saturated rings. The third kappa shape index (κ3) is 4.43. The molecule has 1 unspecified atom stereocenters. The molecule has 0 amide bonds. The summed E-state index contributed by atoms with van der Waals surface area (Å²) >= 11 is 5.21. The van der Waals surface area contributed by atoms with Gasteiger partial charge in [0.1, 0.15) is 0 Å². The zero-order valence-corrected chi connectivity index (χ0v) is 6.77. The molecule has 0 heterocycles. The van der Waals surface area contributed by atoms with Crippen LogP contribution in [0.5, 0.6) is 0 Å². The molecule has 3 heteroatoms. The van der Waals surface area contributed by atoms with E-state index in [-0.39, 0.29) is 11.2 Å². The first-order chi connectivity index (χ1) is 4.04. The molecule has 0 aliphatic heterocycles. The minimum atomic E-state index is -0.260. The van der Waals surface area contributed by atoms with Gasteiger partial charge in [0.25, 0.3) is 0 Å². The van der Waals surface area contributed by atoms with Crippen LogP contribution in [0.25, 0.3) is 0 Å². The zero-order valence-electron chi connectivity index (χ0n) is 6.02. The van der Waals surface area contributed by atoms with Crippen molar-refractivity contribution in [1.82, 2.24) is 4.90 Å². The Kier molecular flexibility index (Phi) is 3.82. The van der Waals surface area contributed by atoms with E-state index in [2.05, 4.69) is 0 Å². The predicted molar refractivity (Wildman–Crippen MR) is 38.6 cm³/mol. The first kappa shape index (κ1) is 8.92. The van der Waals surface area contributed by atoms with E-state index in [0.29, 0.717) is 0 Å². The molecule has 0 radical (unpaired) electrons. The van der Waals surface area contributed by atoms with E-state index >= 15 is 0 Å². The Hall–Kier alpha value is -0.0800. The van der Waals surface area contributed by atoms with Gasteiger partial charge < -0.3 is 4.90 Å². The van der Waals surface area contributed by atoms with Gasteiger partial charge in [-0.2, -0.15) is 0 Å². The smallest absolute Gasteiger partial charge is 0.225 e. The fourth-order valence-electron chi connectivity index (χ4n) is 0.619. The number of halogens is 1. The van der Waals surface area contributed by atoms with Gasteiger partial charge >= 0.3 is 0 Å². The van der Waals surface area contributed by atoms with Crippen LogP contribution in [0, 0.1) is 5.92 Å². The maximum Gasteiger partial charge on any atom is 0.225 e.